The Bertz CT molecular complexity index is 1220. The normalized spacial score (nSPS) is 16.5. The van der Waals surface area contributed by atoms with E-state index in [4.69, 9.17) is 9.97 Å². The quantitative estimate of drug-likeness (QED) is 0.509. The average molecular weight is 481 g/mol. The molecule has 0 radical (unpaired) electrons. The van der Waals surface area contributed by atoms with E-state index in [1.807, 2.05) is 42.2 Å². The van der Waals surface area contributed by atoms with Gasteiger partial charge in [-0.05, 0) is 31.4 Å². The Kier molecular flexibility index (Phi) is 6.21. The van der Waals surface area contributed by atoms with Gasteiger partial charge in [0.05, 0.1) is 5.56 Å². The van der Waals surface area contributed by atoms with E-state index in [2.05, 4.69) is 4.90 Å². The van der Waals surface area contributed by atoms with Crippen LogP contribution in [0.1, 0.15) is 35.2 Å². The van der Waals surface area contributed by atoms with Crippen LogP contribution in [0, 0.1) is 12.8 Å². The highest BCUT2D eigenvalue weighted by molar-refractivity contribution is 5.81. The van der Waals surface area contributed by atoms with E-state index < -0.39 is 11.7 Å². The van der Waals surface area contributed by atoms with Crippen molar-refractivity contribution in [2.24, 2.45) is 5.92 Å². The Morgan fingerprint density at radius 3 is 2.34 bits per heavy atom. The molecule has 2 heterocycles. The minimum Gasteiger partial charge on any atom is -0.353 e. The number of halogens is 3. The lowest BCUT2D eigenvalue weighted by molar-refractivity contribution is -0.137. The standard InChI is InChI=1S/C27H27F3N4O/c1-18-23(17-19-6-5-9-22(16-19)27(28,29)30)25(32-24(31-18)20-7-3-2-4-8-20)33-12-14-34(15-13-33)26(35)21-10-11-21/h2-9,16,21H,10-15,17H2,1H3. The Morgan fingerprint density at radius 2 is 1.69 bits per heavy atom. The average Bonchev–Trinajstić information content (AvgIpc) is 3.71. The van der Waals surface area contributed by atoms with Crippen molar-refractivity contribution < 1.29 is 18.0 Å². The minimum absolute atomic E-state index is 0.184. The number of alkyl halides is 3. The molecule has 2 aliphatic rings. The van der Waals surface area contributed by atoms with Crippen molar-refractivity contribution in [1.82, 2.24) is 14.9 Å². The van der Waals surface area contributed by atoms with Gasteiger partial charge in [-0.2, -0.15) is 13.2 Å². The first-order valence-electron chi connectivity index (χ1n) is 11.9. The Labute approximate surface area is 202 Å². The van der Waals surface area contributed by atoms with Gasteiger partial charge in [0, 0.05) is 55.3 Å². The number of carbonyl (C=O) groups excluding carboxylic acids is 1. The number of amides is 1. The molecule has 5 nitrogen and oxygen atoms in total. The molecule has 0 atom stereocenters. The maximum absolute atomic E-state index is 13.3. The molecule has 35 heavy (non-hydrogen) atoms. The zero-order valence-electron chi connectivity index (χ0n) is 19.6. The second-order valence-electron chi connectivity index (χ2n) is 9.26. The van der Waals surface area contributed by atoms with Crippen LogP contribution < -0.4 is 4.90 Å². The molecule has 2 fully saturated rings. The van der Waals surface area contributed by atoms with Crippen LogP contribution >= 0.6 is 0 Å². The molecule has 0 N–H and O–H groups in total. The van der Waals surface area contributed by atoms with Crippen molar-refractivity contribution >= 4 is 11.7 Å². The topological polar surface area (TPSA) is 49.3 Å². The van der Waals surface area contributed by atoms with Gasteiger partial charge in [0.2, 0.25) is 5.91 Å². The molecule has 1 saturated carbocycles. The van der Waals surface area contributed by atoms with Gasteiger partial charge in [-0.1, -0.05) is 48.5 Å². The van der Waals surface area contributed by atoms with Crippen LogP contribution in [-0.2, 0) is 17.4 Å². The van der Waals surface area contributed by atoms with Crippen LogP contribution in [0.4, 0.5) is 19.0 Å². The zero-order valence-corrected chi connectivity index (χ0v) is 19.6. The first-order chi connectivity index (χ1) is 16.8. The molecule has 1 aromatic heterocycles. The van der Waals surface area contributed by atoms with Gasteiger partial charge < -0.3 is 9.80 Å². The van der Waals surface area contributed by atoms with Crippen LogP contribution in [0.15, 0.2) is 54.6 Å². The number of piperazine rings is 1. The van der Waals surface area contributed by atoms with E-state index in [1.165, 1.54) is 12.1 Å². The first kappa shape index (κ1) is 23.3. The highest BCUT2D eigenvalue weighted by Crippen LogP contribution is 2.34. The maximum atomic E-state index is 13.3. The molecule has 1 saturated heterocycles. The van der Waals surface area contributed by atoms with E-state index in [9.17, 15) is 18.0 Å². The molecule has 182 valence electrons. The van der Waals surface area contributed by atoms with Gasteiger partial charge in [-0.15, -0.1) is 0 Å². The highest BCUT2D eigenvalue weighted by Gasteiger charge is 2.35. The number of aryl methyl sites for hydroxylation is 1. The summed E-state index contributed by atoms with van der Waals surface area (Å²) in [4.78, 5) is 26.2. The lowest BCUT2D eigenvalue weighted by Gasteiger charge is -2.36. The van der Waals surface area contributed by atoms with Crippen LogP contribution in [-0.4, -0.2) is 47.0 Å². The van der Waals surface area contributed by atoms with Crippen molar-refractivity contribution in [3.63, 3.8) is 0 Å². The summed E-state index contributed by atoms with van der Waals surface area (Å²) in [5.74, 6) is 1.73. The van der Waals surface area contributed by atoms with E-state index >= 15 is 0 Å². The molecule has 8 heteroatoms. The van der Waals surface area contributed by atoms with E-state index in [0.29, 0.717) is 44.0 Å². The number of carbonyl (C=O) groups is 1. The summed E-state index contributed by atoms with van der Waals surface area (Å²) in [6, 6.07) is 15.1. The molecule has 5 rings (SSSR count). The number of hydrogen-bond donors (Lipinski definition) is 0. The molecule has 1 amide bonds. The predicted octanol–water partition coefficient (Wildman–Crippen LogP) is 5.12. The van der Waals surface area contributed by atoms with Gasteiger partial charge in [-0.3, -0.25) is 4.79 Å². The van der Waals surface area contributed by atoms with Gasteiger partial charge in [0.1, 0.15) is 5.82 Å². The SMILES string of the molecule is Cc1nc(-c2ccccc2)nc(N2CCN(C(=O)C3CC3)CC2)c1Cc1cccc(C(F)(F)F)c1. The number of rotatable bonds is 5. The highest BCUT2D eigenvalue weighted by atomic mass is 19.4. The van der Waals surface area contributed by atoms with E-state index in [-0.39, 0.29) is 11.8 Å². The third kappa shape index (κ3) is 5.16. The minimum atomic E-state index is -4.40. The largest absolute Gasteiger partial charge is 0.416 e. The maximum Gasteiger partial charge on any atom is 0.416 e. The van der Waals surface area contributed by atoms with E-state index in [0.717, 1.165) is 41.5 Å². The number of hydrogen-bond acceptors (Lipinski definition) is 4. The van der Waals surface area contributed by atoms with Crippen LogP contribution in [0.25, 0.3) is 11.4 Å². The fourth-order valence-corrected chi connectivity index (χ4v) is 4.55. The molecular formula is C27H27F3N4O. The van der Waals surface area contributed by atoms with Gasteiger partial charge >= 0.3 is 6.18 Å². The van der Waals surface area contributed by atoms with Crippen LogP contribution in [0.5, 0.6) is 0 Å². The predicted molar refractivity (Wildman–Crippen MR) is 128 cm³/mol. The smallest absolute Gasteiger partial charge is 0.353 e. The van der Waals surface area contributed by atoms with Crippen molar-refractivity contribution in [3.05, 3.63) is 77.0 Å². The lowest BCUT2D eigenvalue weighted by atomic mass is 10.0. The molecule has 1 aliphatic carbocycles. The third-order valence-corrected chi connectivity index (χ3v) is 6.68. The molecule has 0 spiro atoms. The Hall–Kier alpha value is -3.42. The summed E-state index contributed by atoms with van der Waals surface area (Å²) >= 11 is 0. The second-order valence-corrected chi connectivity index (χ2v) is 9.26. The zero-order chi connectivity index (χ0) is 24.6. The summed E-state index contributed by atoms with van der Waals surface area (Å²) in [6.07, 6.45) is -2.15. The summed E-state index contributed by atoms with van der Waals surface area (Å²) in [5, 5.41) is 0. The fraction of sp³-hybridized carbons (Fsp3) is 0.370. The number of anilines is 1. The fourth-order valence-electron chi connectivity index (χ4n) is 4.55. The monoisotopic (exact) mass is 480 g/mol. The number of nitrogens with zero attached hydrogens (tertiary/aromatic N) is 4. The summed E-state index contributed by atoms with van der Waals surface area (Å²) in [5.41, 5.74) is 2.32. The summed E-state index contributed by atoms with van der Waals surface area (Å²) < 4.78 is 39.9. The van der Waals surface area contributed by atoms with Gasteiger partial charge in [-0.25, -0.2) is 9.97 Å². The van der Waals surface area contributed by atoms with Crippen molar-refractivity contribution in [3.8, 4) is 11.4 Å². The summed E-state index contributed by atoms with van der Waals surface area (Å²) in [7, 11) is 0. The first-order valence-corrected chi connectivity index (χ1v) is 11.9. The van der Waals surface area contributed by atoms with Crippen molar-refractivity contribution in [2.45, 2.75) is 32.4 Å². The third-order valence-electron chi connectivity index (χ3n) is 6.68. The number of benzene rings is 2. The lowest BCUT2D eigenvalue weighted by Crippen LogP contribution is -2.49. The molecule has 1 aliphatic heterocycles. The van der Waals surface area contributed by atoms with Crippen molar-refractivity contribution in [1.29, 1.82) is 0 Å². The van der Waals surface area contributed by atoms with Gasteiger partial charge in [0.15, 0.2) is 5.82 Å². The molecule has 0 unspecified atom stereocenters. The number of aromatic nitrogens is 2. The molecule has 0 bridgehead atoms. The molecule has 2 aromatic carbocycles. The molecule has 3 aromatic rings. The second kappa shape index (κ2) is 9.32. The van der Waals surface area contributed by atoms with Gasteiger partial charge in [0.25, 0.3) is 0 Å². The van der Waals surface area contributed by atoms with Crippen molar-refractivity contribution in [2.75, 3.05) is 31.1 Å². The Morgan fingerprint density at radius 1 is 0.971 bits per heavy atom. The van der Waals surface area contributed by atoms with Crippen LogP contribution in [0.2, 0.25) is 0 Å². The Balaban J connectivity index is 1.48. The molecular weight excluding hydrogens is 453 g/mol. The summed E-state index contributed by atoms with van der Waals surface area (Å²) in [6.45, 7) is 4.36. The van der Waals surface area contributed by atoms with E-state index in [1.54, 1.807) is 6.07 Å². The van der Waals surface area contributed by atoms with Crippen LogP contribution in [0.3, 0.4) is 0 Å².